The van der Waals surface area contributed by atoms with Crippen molar-refractivity contribution < 1.29 is 9.47 Å². The lowest BCUT2D eigenvalue weighted by atomic mass is 10.1. The Morgan fingerprint density at radius 1 is 1.21 bits per heavy atom. The largest absolute Gasteiger partial charge is 0.496 e. The van der Waals surface area contributed by atoms with Crippen molar-refractivity contribution in [2.75, 3.05) is 32.7 Å². The minimum absolute atomic E-state index is 0.564. The third-order valence-electron chi connectivity index (χ3n) is 3.39. The molecule has 0 N–H and O–H groups in total. The van der Waals surface area contributed by atoms with E-state index in [2.05, 4.69) is 11.0 Å². The van der Waals surface area contributed by atoms with Crippen molar-refractivity contribution in [1.82, 2.24) is 0 Å². The lowest BCUT2D eigenvalue weighted by Crippen LogP contribution is -2.19. The fourth-order valence-corrected chi connectivity index (χ4v) is 2.11. The Hall–Kier alpha value is -1.89. The van der Waals surface area contributed by atoms with Gasteiger partial charge in [-0.2, -0.15) is 5.26 Å². The van der Waals surface area contributed by atoms with Crippen molar-refractivity contribution in [3.05, 3.63) is 17.2 Å². The average molecular weight is 262 g/mol. The molecule has 4 nitrogen and oxygen atoms in total. The molecule has 0 aromatic heterocycles. The van der Waals surface area contributed by atoms with Gasteiger partial charge in [0.2, 0.25) is 0 Å². The van der Waals surface area contributed by atoms with Crippen LogP contribution >= 0.6 is 0 Å². The molecule has 4 heteroatoms. The maximum absolute atomic E-state index is 8.60. The molecule has 0 unspecified atom stereocenters. The van der Waals surface area contributed by atoms with E-state index in [1.807, 2.05) is 27.0 Å². The van der Waals surface area contributed by atoms with Gasteiger partial charge in [0.05, 0.1) is 26.0 Å². The highest BCUT2D eigenvalue weighted by molar-refractivity contribution is 5.67. The molecule has 0 spiro atoms. The number of unbranched alkanes of at least 4 members (excludes halogenated alkanes) is 1. The topological polar surface area (TPSA) is 45.5 Å². The molecule has 1 aromatic rings. The number of rotatable bonds is 6. The van der Waals surface area contributed by atoms with Crippen molar-refractivity contribution in [3.63, 3.8) is 0 Å². The van der Waals surface area contributed by atoms with Crippen LogP contribution in [0.1, 0.15) is 24.0 Å². The lowest BCUT2D eigenvalue weighted by Gasteiger charge is -2.24. The zero-order valence-corrected chi connectivity index (χ0v) is 12.4. The second kappa shape index (κ2) is 6.89. The van der Waals surface area contributed by atoms with Gasteiger partial charge in [0.1, 0.15) is 11.5 Å². The standard InChI is InChI=1S/C15H22N2O2/c1-11-12(2)15(19-5)13(10-14(11)18-4)17(3)9-7-6-8-16/h10H,6-7,9H2,1-5H3. The van der Waals surface area contributed by atoms with Crippen LogP contribution in [-0.2, 0) is 0 Å². The summed E-state index contributed by atoms with van der Waals surface area (Å²) in [6.45, 7) is 4.87. The quantitative estimate of drug-likeness (QED) is 0.739. The molecule has 0 heterocycles. The van der Waals surface area contributed by atoms with Gasteiger partial charge in [0, 0.05) is 26.1 Å². The first-order valence-corrected chi connectivity index (χ1v) is 6.37. The van der Waals surface area contributed by atoms with Crippen LogP contribution in [0, 0.1) is 25.2 Å². The number of nitriles is 1. The average Bonchev–Trinajstić information content (AvgIpc) is 2.41. The van der Waals surface area contributed by atoms with Gasteiger partial charge >= 0.3 is 0 Å². The first-order chi connectivity index (χ1) is 9.06. The molecule has 0 saturated carbocycles. The van der Waals surface area contributed by atoms with Crippen LogP contribution in [0.2, 0.25) is 0 Å². The van der Waals surface area contributed by atoms with E-state index < -0.39 is 0 Å². The van der Waals surface area contributed by atoms with Gasteiger partial charge in [-0.3, -0.25) is 0 Å². The number of benzene rings is 1. The van der Waals surface area contributed by atoms with Gasteiger partial charge < -0.3 is 14.4 Å². The number of methoxy groups -OCH3 is 2. The van der Waals surface area contributed by atoms with Crippen molar-refractivity contribution in [1.29, 1.82) is 5.26 Å². The fraction of sp³-hybridized carbons (Fsp3) is 0.533. The molecule has 0 aliphatic heterocycles. The highest BCUT2D eigenvalue weighted by Crippen LogP contribution is 2.38. The van der Waals surface area contributed by atoms with Crippen LogP contribution < -0.4 is 14.4 Å². The summed E-state index contributed by atoms with van der Waals surface area (Å²) in [4.78, 5) is 2.10. The van der Waals surface area contributed by atoms with E-state index in [-0.39, 0.29) is 0 Å². The monoisotopic (exact) mass is 262 g/mol. The minimum Gasteiger partial charge on any atom is -0.496 e. The molecule has 19 heavy (non-hydrogen) atoms. The normalized spacial score (nSPS) is 9.89. The predicted octanol–water partition coefficient (Wildman–Crippen LogP) is 3.06. The summed E-state index contributed by atoms with van der Waals surface area (Å²) in [5, 5.41) is 8.60. The maximum atomic E-state index is 8.60. The second-order valence-corrected chi connectivity index (χ2v) is 4.56. The van der Waals surface area contributed by atoms with Crippen LogP contribution in [0.25, 0.3) is 0 Å². The SMILES string of the molecule is COc1cc(N(C)CCCC#N)c(OC)c(C)c1C. The summed E-state index contributed by atoms with van der Waals surface area (Å²) < 4.78 is 10.9. The van der Waals surface area contributed by atoms with Gasteiger partial charge in [-0.1, -0.05) is 0 Å². The van der Waals surface area contributed by atoms with Crippen LogP contribution in [0.15, 0.2) is 6.07 Å². The summed E-state index contributed by atoms with van der Waals surface area (Å²) in [5.41, 5.74) is 3.18. The second-order valence-electron chi connectivity index (χ2n) is 4.56. The van der Waals surface area contributed by atoms with Crippen LogP contribution in [0.4, 0.5) is 5.69 Å². The summed E-state index contributed by atoms with van der Waals surface area (Å²) in [7, 11) is 5.36. The molecule has 0 bridgehead atoms. The molecule has 104 valence electrons. The van der Waals surface area contributed by atoms with Gasteiger partial charge in [0.25, 0.3) is 0 Å². The first kappa shape index (κ1) is 15.2. The van der Waals surface area contributed by atoms with Gasteiger partial charge in [0.15, 0.2) is 0 Å². The van der Waals surface area contributed by atoms with Crippen LogP contribution in [-0.4, -0.2) is 27.8 Å². The van der Waals surface area contributed by atoms with Gasteiger partial charge in [-0.05, 0) is 31.4 Å². The zero-order chi connectivity index (χ0) is 14.4. The summed E-state index contributed by atoms with van der Waals surface area (Å²) in [5.74, 6) is 1.73. The van der Waals surface area contributed by atoms with E-state index in [0.29, 0.717) is 6.42 Å². The molecular formula is C15H22N2O2. The fourth-order valence-electron chi connectivity index (χ4n) is 2.11. The molecule has 0 amide bonds. The summed E-state index contributed by atoms with van der Waals surface area (Å²) in [6.07, 6.45) is 1.40. The molecule has 0 radical (unpaired) electrons. The van der Waals surface area contributed by atoms with Gasteiger partial charge in [-0.25, -0.2) is 0 Å². The van der Waals surface area contributed by atoms with E-state index >= 15 is 0 Å². The summed E-state index contributed by atoms with van der Waals surface area (Å²) in [6, 6.07) is 4.16. The molecule has 0 fully saturated rings. The third-order valence-corrected chi connectivity index (χ3v) is 3.39. The Kier molecular flexibility index (Phi) is 5.50. The molecule has 1 aromatic carbocycles. The minimum atomic E-state index is 0.564. The number of hydrogen-bond acceptors (Lipinski definition) is 4. The van der Waals surface area contributed by atoms with Gasteiger partial charge in [-0.15, -0.1) is 0 Å². The van der Waals surface area contributed by atoms with Crippen molar-refractivity contribution >= 4 is 5.69 Å². The Morgan fingerprint density at radius 2 is 1.89 bits per heavy atom. The van der Waals surface area contributed by atoms with E-state index in [4.69, 9.17) is 14.7 Å². The molecule has 0 atom stereocenters. The van der Waals surface area contributed by atoms with E-state index in [9.17, 15) is 0 Å². The van der Waals surface area contributed by atoms with Crippen molar-refractivity contribution in [2.24, 2.45) is 0 Å². The molecule has 0 saturated heterocycles. The third kappa shape index (κ3) is 3.31. The number of nitrogens with zero attached hydrogens (tertiary/aromatic N) is 2. The highest BCUT2D eigenvalue weighted by Gasteiger charge is 2.16. The molecule has 1 rings (SSSR count). The van der Waals surface area contributed by atoms with E-state index in [1.165, 1.54) is 0 Å². The Bertz CT molecular complexity index is 478. The van der Waals surface area contributed by atoms with Crippen molar-refractivity contribution in [3.8, 4) is 17.6 Å². The first-order valence-electron chi connectivity index (χ1n) is 6.37. The Morgan fingerprint density at radius 3 is 2.42 bits per heavy atom. The maximum Gasteiger partial charge on any atom is 0.145 e. The number of hydrogen-bond donors (Lipinski definition) is 0. The van der Waals surface area contributed by atoms with E-state index in [1.54, 1.807) is 14.2 Å². The smallest absolute Gasteiger partial charge is 0.145 e. The highest BCUT2D eigenvalue weighted by atomic mass is 16.5. The van der Waals surface area contributed by atoms with Crippen LogP contribution in [0.5, 0.6) is 11.5 Å². The van der Waals surface area contributed by atoms with E-state index in [0.717, 1.165) is 41.3 Å². The Balaban J connectivity index is 3.11. The number of anilines is 1. The predicted molar refractivity (Wildman–Crippen MR) is 77.1 cm³/mol. The molecule has 0 aliphatic carbocycles. The molecule has 0 aliphatic rings. The zero-order valence-electron chi connectivity index (χ0n) is 12.4. The molecular weight excluding hydrogens is 240 g/mol. The number of ether oxygens (including phenoxy) is 2. The van der Waals surface area contributed by atoms with Crippen LogP contribution in [0.3, 0.4) is 0 Å². The lowest BCUT2D eigenvalue weighted by molar-refractivity contribution is 0.398. The van der Waals surface area contributed by atoms with Crippen molar-refractivity contribution in [2.45, 2.75) is 26.7 Å². The summed E-state index contributed by atoms with van der Waals surface area (Å²) >= 11 is 0. The Labute approximate surface area is 115 Å².